The van der Waals surface area contributed by atoms with Gasteiger partial charge >= 0.3 is 0 Å². The molecule has 168 valence electrons. The summed E-state index contributed by atoms with van der Waals surface area (Å²) in [7, 11) is -3.64. The normalized spacial score (nSPS) is 24.1. The lowest BCUT2D eigenvalue weighted by atomic mass is 9.66. The summed E-state index contributed by atoms with van der Waals surface area (Å²) < 4.78 is 41.8. The van der Waals surface area contributed by atoms with E-state index in [-0.39, 0.29) is 42.4 Å². The van der Waals surface area contributed by atoms with Crippen LogP contribution in [-0.4, -0.2) is 56.1 Å². The van der Waals surface area contributed by atoms with Gasteiger partial charge in [0, 0.05) is 25.1 Å². The average molecular weight is 452 g/mol. The number of amides is 2. The van der Waals surface area contributed by atoms with Crippen molar-refractivity contribution in [3.63, 3.8) is 0 Å². The molecular weight excluding hydrogens is 425 g/mol. The van der Waals surface area contributed by atoms with E-state index in [1.54, 1.807) is 4.90 Å². The Morgan fingerprint density at radius 3 is 2.77 bits per heavy atom. The minimum atomic E-state index is -3.64. The van der Waals surface area contributed by atoms with Crippen molar-refractivity contribution in [3.8, 4) is 5.75 Å². The summed E-state index contributed by atoms with van der Waals surface area (Å²) in [6.07, 6.45) is 5.55. The Hall–Kier alpha value is -2.46. The van der Waals surface area contributed by atoms with Crippen molar-refractivity contribution in [1.82, 2.24) is 10.2 Å². The molecule has 2 atom stereocenters. The van der Waals surface area contributed by atoms with Crippen molar-refractivity contribution in [3.05, 3.63) is 41.7 Å². The van der Waals surface area contributed by atoms with E-state index in [1.165, 1.54) is 18.2 Å². The van der Waals surface area contributed by atoms with Gasteiger partial charge in [-0.05, 0) is 37.5 Å². The third kappa shape index (κ3) is 4.74. The fourth-order valence-corrected chi connectivity index (χ4v) is 5.09. The van der Waals surface area contributed by atoms with Gasteiger partial charge < -0.3 is 15.0 Å². The Morgan fingerprint density at radius 2 is 2.10 bits per heavy atom. The fraction of sp³-hybridized carbons (Fsp3) is 0.524. The van der Waals surface area contributed by atoms with Gasteiger partial charge in [-0.3, -0.25) is 9.59 Å². The minimum absolute atomic E-state index is 0.196. The molecule has 1 aromatic rings. The number of benzene rings is 1. The number of fused-ring (bicyclic) bond motifs is 1. The third-order valence-corrected chi connectivity index (χ3v) is 7.14. The number of carbonyl (C=O) groups is 2. The van der Waals surface area contributed by atoms with Gasteiger partial charge in [-0.15, -0.1) is 0 Å². The molecule has 0 saturated heterocycles. The second-order valence-electron chi connectivity index (χ2n) is 8.56. The second-order valence-corrected chi connectivity index (χ2v) is 10.3. The van der Waals surface area contributed by atoms with E-state index >= 15 is 0 Å². The number of nitrogens with two attached hydrogens (primary N) is 1. The number of halogens is 1. The number of rotatable bonds is 6. The number of hydrogen-bond acceptors (Lipinski definition) is 5. The van der Waals surface area contributed by atoms with Crippen LogP contribution in [-0.2, 0) is 26.0 Å². The number of ether oxygens (including phenoxy) is 1. The van der Waals surface area contributed by atoms with E-state index in [0.717, 1.165) is 6.42 Å². The van der Waals surface area contributed by atoms with Gasteiger partial charge in [-0.25, -0.2) is 17.9 Å². The average Bonchev–Trinajstić information content (AvgIpc) is 3.09. The van der Waals surface area contributed by atoms with Gasteiger partial charge in [0.2, 0.25) is 15.9 Å². The molecule has 1 fully saturated rings. The van der Waals surface area contributed by atoms with E-state index in [2.05, 4.69) is 5.32 Å². The highest BCUT2D eigenvalue weighted by Gasteiger charge is 2.45. The number of carbonyl (C=O) groups excluding carboxylic acids is 2. The number of nitrogens with zero attached hydrogens (tertiary/aromatic N) is 1. The molecule has 8 nitrogen and oxygen atoms in total. The summed E-state index contributed by atoms with van der Waals surface area (Å²) in [5.74, 6) is -0.504. The van der Waals surface area contributed by atoms with Gasteiger partial charge in [0.1, 0.15) is 11.6 Å². The Morgan fingerprint density at radius 1 is 1.32 bits per heavy atom. The zero-order valence-electron chi connectivity index (χ0n) is 17.1. The van der Waals surface area contributed by atoms with Crippen LogP contribution >= 0.6 is 0 Å². The van der Waals surface area contributed by atoms with E-state index in [4.69, 9.17) is 9.88 Å². The summed E-state index contributed by atoms with van der Waals surface area (Å²) in [4.78, 5) is 27.5. The van der Waals surface area contributed by atoms with Crippen LogP contribution in [0.5, 0.6) is 5.75 Å². The smallest absolute Gasteiger partial charge is 0.264 e. The lowest BCUT2D eigenvalue weighted by molar-refractivity contribution is -0.140. The highest BCUT2D eigenvalue weighted by molar-refractivity contribution is 7.89. The molecule has 3 aliphatic rings. The van der Waals surface area contributed by atoms with Gasteiger partial charge in [-0.2, -0.15) is 0 Å². The summed E-state index contributed by atoms with van der Waals surface area (Å²) in [5.41, 5.74) is -0.0510. The number of sulfonamides is 1. The van der Waals surface area contributed by atoms with Gasteiger partial charge in [-0.1, -0.05) is 18.6 Å². The van der Waals surface area contributed by atoms with E-state index in [0.29, 0.717) is 37.1 Å². The second kappa shape index (κ2) is 8.23. The van der Waals surface area contributed by atoms with Crippen molar-refractivity contribution >= 4 is 21.8 Å². The Kier molecular flexibility index (Phi) is 5.78. The van der Waals surface area contributed by atoms with Crippen LogP contribution in [0.25, 0.3) is 0 Å². The maximum Gasteiger partial charge on any atom is 0.264 e. The van der Waals surface area contributed by atoms with Crippen molar-refractivity contribution in [1.29, 1.82) is 0 Å². The molecule has 4 rings (SSSR count). The van der Waals surface area contributed by atoms with Crippen LogP contribution in [0.1, 0.15) is 31.2 Å². The van der Waals surface area contributed by atoms with Crippen LogP contribution in [0.15, 0.2) is 30.4 Å². The van der Waals surface area contributed by atoms with Crippen LogP contribution in [0, 0.1) is 11.2 Å². The molecule has 2 amide bonds. The minimum Gasteiger partial charge on any atom is -0.480 e. The molecule has 3 N–H and O–H groups in total. The molecule has 0 bridgehead atoms. The zero-order chi connectivity index (χ0) is 22.2. The molecule has 2 aliphatic heterocycles. The topological polar surface area (TPSA) is 119 Å². The Bertz CT molecular complexity index is 1020. The molecule has 10 heteroatoms. The Balaban J connectivity index is 1.35. The predicted octanol–water partition coefficient (Wildman–Crippen LogP) is 0.861. The van der Waals surface area contributed by atoms with Crippen molar-refractivity contribution in [2.75, 3.05) is 18.8 Å². The van der Waals surface area contributed by atoms with E-state index in [9.17, 15) is 22.4 Å². The summed E-state index contributed by atoms with van der Waals surface area (Å²) in [5, 5.41) is 8.06. The van der Waals surface area contributed by atoms with Gasteiger partial charge in [0.15, 0.2) is 6.10 Å². The summed E-state index contributed by atoms with van der Waals surface area (Å²) in [6.45, 7) is 0.684. The van der Waals surface area contributed by atoms with E-state index < -0.39 is 21.5 Å². The predicted molar refractivity (Wildman–Crippen MR) is 111 cm³/mol. The van der Waals surface area contributed by atoms with Crippen LogP contribution in [0.2, 0.25) is 0 Å². The standard InChI is InChI=1S/C21H26FN3O5S/c22-15-4-5-17-14(11-15)12-18(30-17)19(26)25-9-1-3-16(13-25)24-20(27)21(6-2-7-21)8-10-31(23,28)29/h1,3-5,11,16,18H,2,6-10,12-13H2,(H,24,27)(H2,23,28,29). The van der Waals surface area contributed by atoms with Crippen molar-refractivity contribution < 1.29 is 27.1 Å². The van der Waals surface area contributed by atoms with Crippen LogP contribution in [0.3, 0.4) is 0 Å². The first-order valence-corrected chi connectivity index (χ1v) is 12.1. The monoisotopic (exact) mass is 451 g/mol. The van der Waals surface area contributed by atoms with Crippen LogP contribution in [0.4, 0.5) is 4.39 Å². The molecule has 2 heterocycles. The molecule has 0 spiro atoms. The maximum atomic E-state index is 13.4. The molecule has 0 radical (unpaired) electrons. The van der Waals surface area contributed by atoms with E-state index in [1.807, 2.05) is 12.2 Å². The molecule has 2 unspecified atom stereocenters. The number of nitrogens with one attached hydrogen (secondary N) is 1. The Labute approximate surface area is 180 Å². The van der Waals surface area contributed by atoms with Crippen molar-refractivity contribution in [2.45, 2.75) is 44.2 Å². The van der Waals surface area contributed by atoms with Gasteiger partial charge in [0.05, 0.1) is 17.2 Å². The molecule has 1 aliphatic carbocycles. The number of hydrogen-bond donors (Lipinski definition) is 2. The first-order valence-electron chi connectivity index (χ1n) is 10.4. The molecule has 0 aromatic heterocycles. The molecule has 1 aromatic carbocycles. The SMILES string of the molecule is NS(=O)(=O)CCC1(C(=O)NC2C=CCN(C(=O)C3Cc4cc(F)ccc4O3)C2)CCC1. The summed E-state index contributed by atoms with van der Waals surface area (Å²) >= 11 is 0. The first-order chi connectivity index (χ1) is 14.7. The summed E-state index contributed by atoms with van der Waals surface area (Å²) in [6, 6.07) is 3.82. The number of primary sulfonamides is 1. The largest absolute Gasteiger partial charge is 0.480 e. The molecule has 1 saturated carbocycles. The first kappa shape index (κ1) is 21.8. The molecule has 31 heavy (non-hydrogen) atoms. The quantitative estimate of drug-likeness (QED) is 0.622. The zero-order valence-corrected chi connectivity index (χ0v) is 17.9. The van der Waals surface area contributed by atoms with Crippen LogP contribution < -0.4 is 15.2 Å². The third-order valence-electron chi connectivity index (χ3n) is 6.37. The lowest BCUT2D eigenvalue weighted by Crippen LogP contribution is -2.55. The fourth-order valence-electron chi connectivity index (χ4n) is 4.41. The van der Waals surface area contributed by atoms with Gasteiger partial charge in [0.25, 0.3) is 5.91 Å². The molecular formula is C21H26FN3O5S. The maximum absolute atomic E-state index is 13.4. The van der Waals surface area contributed by atoms with Crippen molar-refractivity contribution in [2.24, 2.45) is 10.6 Å². The highest BCUT2D eigenvalue weighted by atomic mass is 32.2. The lowest BCUT2D eigenvalue weighted by Gasteiger charge is -2.41. The highest BCUT2D eigenvalue weighted by Crippen LogP contribution is 2.44.